The summed E-state index contributed by atoms with van der Waals surface area (Å²) in [6.07, 6.45) is 0. The van der Waals surface area contributed by atoms with Crippen molar-refractivity contribution in [2.24, 2.45) is 0 Å². The van der Waals surface area contributed by atoms with E-state index in [-0.39, 0.29) is 28.9 Å². The molecule has 0 saturated carbocycles. The third-order valence-corrected chi connectivity index (χ3v) is 3.79. The monoisotopic (exact) mass is 440 g/mol. The van der Waals surface area contributed by atoms with Crippen molar-refractivity contribution in [2.45, 2.75) is 4.90 Å². The lowest BCUT2D eigenvalue weighted by Crippen LogP contribution is -1.96. The second kappa shape index (κ2) is 9.44. The van der Waals surface area contributed by atoms with E-state index in [0.717, 1.165) is 0 Å². The number of hydrogen-bond donors (Lipinski definition) is 1. The van der Waals surface area contributed by atoms with Crippen LogP contribution in [0.4, 0.5) is 0 Å². The third kappa shape index (κ3) is 6.52. The van der Waals surface area contributed by atoms with Crippen molar-refractivity contribution in [1.29, 1.82) is 0 Å². The van der Waals surface area contributed by atoms with Crippen LogP contribution in [0.15, 0.2) is 95.9 Å². The lowest BCUT2D eigenvalue weighted by Gasteiger charge is -1.98. The third-order valence-electron chi connectivity index (χ3n) is 2.92. The summed E-state index contributed by atoms with van der Waals surface area (Å²) in [4.78, 5) is -0.0741. The predicted molar refractivity (Wildman–Crippen MR) is 104 cm³/mol. The van der Waals surface area contributed by atoms with E-state index in [2.05, 4.69) is 48.5 Å². The maximum atomic E-state index is 10.4. The lowest BCUT2D eigenvalue weighted by molar-refractivity contribution is 0.483. The van der Waals surface area contributed by atoms with E-state index in [4.69, 9.17) is 4.55 Å². The quantitative estimate of drug-likeness (QED) is 0.456. The molecule has 5 heteroatoms. The molecule has 3 nitrogen and oxygen atoms in total. The molecule has 0 saturated heterocycles. The van der Waals surface area contributed by atoms with Gasteiger partial charge >= 0.3 is 0 Å². The maximum absolute atomic E-state index is 10.4. The molecule has 0 amide bonds. The Morgan fingerprint density at radius 1 is 0.565 bits per heavy atom. The van der Waals surface area contributed by atoms with Gasteiger partial charge in [-0.2, -0.15) is 8.42 Å². The summed E-state index contributed by atoms with van der Waals surface area (Å²) in [5, 5.41) is 0. The molecule has 23 heavy (non-hydrogen) atoms. The second-order valence-electron chi connectivity index (χ2n) is 4.52. The van der Waals surface area contributed by atoms with E-state index in [0.29, 0.717) is 0 Å². The molecule has 0 bridgehead atoms. The smallest absolute Gasteiger partial charge is 0.282 e. The molecule has 0 atom stereocenters. The topological polar surface area (TPSA) is 54.4 Å². The molecular weight excluding hydrogens is 423 g/mol. The van der Waals surface area contributed by atoms with E-state index in [9.17, 15) is 8.42 Å². The van der Waals surface area contributed by atoms with E-state index in [1.54, 1.807) is 18.2 Å². The minimum absolute atomic E-state index is 0. The van der Waals surface area contributed by atoms with Gasteiger partial charge in [-0.15, -0.1) is 24.0 Å². The number of hydrogen-bond acceptors (Lipinski definition) is 2. The van der Waals surface area contributed by atoms with Crippen molar-refractivity contribution in [3.8, 4) is 11.1 Å². The average Bonchev–Trinajstić information content (AvgIpc) is 2.57. The van der Waals surface area contributed by atoms with Crippen LogP contribution >= 0.6 is 24.0 Å². The van der Waals surface area contributed by atoms with Crippen LogP contribution in [0.5, 0.6) is 0 Å². The zero-order chi connectivity index (χ0) is 15.8. The van der Waals surface area contributed by atoms with Crippen LogP contribution in [-0.4, -0.2) is 13.0 Å². The van der Waals surface area contributed by atoms with Crippen molar-refractivity contribution in [3.63, 3.8) is 0 Å². The first-order valence-electron chi connectivity index (χ1n) is 6.70. The van der Waals surface area contributed by atoms with Gasteiger partial charge in [0.1, 0.15) is 0 Å². The Balaban J connectivity index is 0.000000224. The van der Waals surface area contributed by atoms with Gasteiger partial charge in [0, 0.05) is 0 Å². The SMILES string of the molecule is I.O=S(=O)(O)c1ccccc1.c1ccc(-c2ccccc2)cc1. The molecule has 0 fully saturated rings. The van der Waals surface area contributed by atoms with Gasteiger partial charge < -0.3 is 0 Å². The van der Waals surface area contributed by atoms with Gasteiger partial charge in [0.05, 0.1) is 4.90 Å². The second-order valence-corrected chi connectivity index (χ2v) is 5.94. The van der Waals surface area contributed by atoms with Gasteiger partial charge in [-0.3, -0.25) is 4.55 Å². The molecule has 0 radical (unpaired) electrons. The molecule has 0 unspecified atom stereocenters. The highest BCUT2D eigenvalue weighted by atomic mass is 127. The Labute approximate surface area is 153 Å². The van der Waals surface area contributed by atoms with Crippen molar-refractivity contribution in [1.82, 2.24) is 0 Å². The Morgan fingerprint density at radius 2 is 0.870 bits per heavy atom. The highest BCUT2D eigenvalue weighted by Gasteiger charge is 2.05. The standard InChI is InChI=1S/C12H10.C6H6O3S.HI/c1-3-7-11(8-4-1)12-9-5-2-6-10-12;7-10(8,9)6-4-2-1-3-5-6;/h1-10H;1-5H,(H,7,8,9);1H. The fraction of sp³-hybridized carbons (Fsp3) is 0. The molecular formula is C18H17IO3S. The summed E-state index contributed by atoms with van der Waals surface area (Å²) in [7, 11) is -4.00. The molecule has 0 aliphatic rings. The van der Waals surface area contributed by atoms with Crippen LogP contribution in [0, 0.1) is 0 Å². The summed E-state index contributed by atoms with van der Waals surface area (Å²) in [5.41, 5.74) is 2.55. The largest absolute Gasteiger partial charge is 0.294 e. The fourth-order valence-electron chi connectivity index (χ4n) is 1.85. The van der Waals surface area contributed by atoms with E-state index >= 15 is 0 Å². The first kappa shape index (κ1) is 19.3. The average molecular weight is 440 g/mol. The van der Waals surface area contributed by atoms with Crippen LogP contribution in [0.3, 0.4) is 0 Å². The zero-order valence-corrected chi connectivity index (χ0v) is 15.4. The van der Waals surface area contributed by atoms with Gasteiger partial charge in [-0.05, 0) is 23.3 Å². The van der Waals surface area contributed by atoms with Crippen molar-refractivity contribution < 1.29 is 13.0 Å². The molecule has 0 spiro atoms. The maximum Gasteiger partial charge on any atom is 0.294 e. The highest BCUT2D eigenvalue weighted by molar-refractivity contribution is 14.0. The Bertz CT molecular complexity index is 752. The molecule has 120 valence electrons. The van der Waals surface area contributed by atoms with Crippen LogP contribution < -0.4 is 0 Å². The minimum atomic E-state index is -4.00. The summed E-state index contributed by atoms with van der Waals surface area (Å²) in [6.45, 7) is 0. The summed E-state index contributed by atoms with van der Waals surface area (Å²) < 4.78 is 29.2. The van der Waals surface area contributed by atoms with Gasteiger partial charge in [-0.1, -0.05) is 78.9 Å². The number of halogens is 1. The molecule has 3 aromatic carbocycles. The highest BCUT2D eigenvalue weighted by Crippen LogP contribution is 2.17. The molecule has 0 heterocycles. The van der Waals surface area contributed by atoms with Gasteiger partial charge in [0.2, 0.25) is 0 Å². The Hall–Kier alpha value is -1.70. The van der Waals surface area contributed by atoms with Gasteiger partial charge in [0.15, 0.2) is 0 Å². The first-order valence-corrected chi connectivity index (χ1v) is 8.14. The van der Waals surface area contributed by atoms with Crippen molar-refractivity contribution in [3.05, 3.63) is 91.0 Å². The van der Waals surface area contributed by atoms with Gasteiger partial charge in [-0.25, -0.2) is 0 Å². The number of benzene rings is 3. The van der Waals surface area contributed by atoms with E-state index < -0.39 is 10.1 Å². The van der Waals surface area contributed by atoms with E-state index in [1.165, 1.54) is 23.3 Å². The van der Waals surface area contributed by atoms with Crippen LogP contribution in [-0.2, 0) is 10.1 Å². The number of rotatable bonds is 2. The minimum Gasteiger partial charge on any atom is -0.282 e. The zero-order valence-electron chi connectivity index (χ0n) is 12.2. The molecule has 3 rings (SSSR count). The molecule has 0 aliphatic heterocycles. The Kier molecular flexibility index (Phi) is 7.94. The van der Waals surface area contributed by atoms with Crippen molar-refractivity contribution in [2.75, 3.05) is 0 Å². The summed E-state index contributed by atoms with van der Waals surface area (Å²) in [6, 6.07) is 28.2. The predicted octanol–water partition coefficient (Wildman–Crippen LogP) is 4.90. The van der Waals surface area contributed by atoms with Crippen LogP contribution in [0.25, 0.3) is 11.1 Å². The molecule has 1 N–H and O–H groups in total. The lowest BCUT2D eigenvalue weighted by atomic mass is 10.1. The first-order chi connectivity index (χ1) is 10.6. The van der Waals surface area contributed by atoms with Crippen molar-refractivity contribution >= 4 is 34.1 Å². The molecule has 0 aliphatic carbocycles. The molecule has 3 aromatic rings. The van der Waals surface area contributed by atoms with Crippen LogP contribution in [0.1, 0.15) is 0 Å². The summed E-state index contributed by atoms with van der Waals surface area (Å²) in [5.74, 6) is 0. The molecule has 0 aromatic heterocycles. The van der Waals surface area contributed by atoms with E-state index in [1.807, 2.05) is 12.1 Å². The normalized spacial score (nSPS) is 9.96. The Morgan fingerprint density at radius 3 is 1.13 bits per heavy atom. The fourth-order valence-corrected chi connectivity index (χ4v) is 2.35. The van der Waals surface area contributed by atoms with Crippen LogP contribution in [0.2, 0.25) is 0 Å². The van der Waals surface area contributed by atoms with Gasteiger partial charge in [0.25, 0.3) is 10.1 Å². The summed E-state index contributed by atoms with van der Waals surface area (Å²) >= 11 is 0.